The number of piperazine rings is 1. The summed E-state index contributed by atoms with van der Waals surface area (Å²) in [5.74, 6) is -0.0841. The van der Waals surface area contributed by atoms with E-state index in [0.29, 0.717) is 17.0 Å². The minimum absolute atomic E-state index is 0.303. The van der Waals surface area contributed by atoms with Crippen molar-refractivity contribution in [1.29, 1.82) is 0 Å². The number of amides is 1. The van der Waals surface area contributed by atoms with Crippen LogP contribution in [0.2, 0.25) is 0 Å². The van der Waals surface area contributed by atoms with Gasteiger partial charge in [-0.25, -0.2) is 4.79 Å². The van der Waals surface area contributed by atoms with Crippen LogP contribution in [-0.2, 0) is 9.53 Å². The average molecular weight is 502 g/mol. The second-order valence-electron chi connectivity index (χ2n) is 7.35. The standard InChI is InChI=1S/C24H28BrN3O4/c1-4-27-11-13-28(14-12-27)21-8-5-18(24(30)32-3)16-20(21)26-23(29)10-6-17-15-19(25)7-9-22(17)31-2/h5-10,15-16H,4,11-14H2,1-3H3,(H,26,29)/b10-6+. The van der Waals surface area contributed by atoms with Crippen molar-refractivity contribution >= 4 is 45.3 Å². The number of ether oxygens (including phenoxy) is 2. The lowest BCUT2D eigenvalue weighted by Gasteiger charge is -2.36. The number of methoxy groups -OCH3 is 2. The molecule has 0 spiro atoms. The largest absolute Gasteiger partial charge is 0.496 e. The molecular weight excluding hydrogens is 474 g/mol. The van der Waals surface area contributed by atoms with Gasteiger partial charge in [0.15, 0.2) is 0 Å². The second-order valence-corrected chi connectivity index (χ2v) is 8.27. The number of nitrogens with one attached hydrogen (secondary N) is 1. The molecule has 1 N–H and O–H groups in total. The molecule has 0 atom stereocenters. The maximum atomic E-state index is 12.8. The fraction of sp³-hybridized carbons (Fsp3) is 0.333. The van der Waals surface area contributed by atoms with E-state index in [2.05, 4.69) is 38.0 Å². The van der Waals surface area contributed by atoms with Gasteiger partial charge in [-0.05, 0) is 49.0 Å². The number of halogens is 1. The predicted octanol–water partition coefficient (Wildman–Crippen LogP) is 4.04. The molecule has 7 nitrogen and oxygen atoms in total. The van der Waals surface area contributed by atoms with E-state index in [1.165, 1.54) is 13.2 Å². The molecule has 0 unspecified atom stereocenters. The van der Waals surface area contributed by atoms with Gasteiger partial charge in [-0.3, -0.25) is 4.79 Å². The summed E-state index contributed by atoms with van der Waals surface area (Å²) in [7, 11) is 2.93. The molecule has 1 aliphatic rings. The van der Waals surface area contributed by atoms with E-state index in [4.69, 9.17) is 9.47 Å². The van der Waals surface area contributed by atoms with Crippen LogP contribution in [0.15, 0.2) is 46.9 Å². The Labute approximate surface area is 197 Å². The molecule has 1 amide bonds. The Hall–Kier alpha value is -2.84. The number of carbonyl (C=O) groups is 2. The smallest absolute Gasteiger partial charge is 0.337 e. The quantitative estimate of drug-likeness (QED) is 0.456. The highest BCUT2D eigenvalue weighted by atomic mass is 79.9. The van der Waals surface area contributed by atoms with E-state index in [1.807, 2.05) is 24.3 Å². The molecule has 32 heavy (non-hydrogen) atoms. The number of rotatable bonds is 7. The third-order valence-electron chi connectivity index (χ3n) is 5.44. The van der Waals surface area contributed by atoms with Crippen molar-refractivity contribution in [2.45, 2.75) is 6.92 Å². The number of nitrogens with zero attached hydrogens (tertiary/aromatic N) is 2. The van der Waals surface area contributed by atoms with Crippen LogP contribution in [0.25, 0.3) is 6.08 Å². The molecule has 0 saturated carbocycles. The molecule has 1 heterocycles. The topological polar surface area (TPSA) is 71.1 Å². The van der Waals surface area contributed by atoms with Gasteiger partial charge < -0.3 is 24.6 Å². The number of esters is 1. The number of hydrogen-bond donors (Lipinski definition) is 1. The zero-order chi connectivity index (χ0) is 23.1. The highest BCUT2D eigenvalue weighted by Gasteiger charge is 2.20. The molecule has 1 saturated heterocycles. The Morgan fingerprint density at radius 2 is 1.84 bits per heavy atom. The van der Waals surface area contributed by atoms with Gasteiger partial charge in [0.1, 0.15) is 5.75 Å². The van der Waals surface area contributed by atoms with E-state index in [9.17, 15) is 9.59 Å². The zero-order valence-electron chi connectivity index (χ0n) is 18.6. The summed E-state index contributed by atoms with van der Waals surface area (Å²) >= 11 is 3.43. The molecule has 0 aromatic heterocycles. The lowest BCUT2D eigenvalue weighted by atomic mass is 10.1. The van der Waals surface area contributed by atoms with E-state index >= 15 is 0 Å². The fourth-order valence-electron chi connectivity index (χ4n) is 3.64. The SMILES string of the molecule is CCN1CCN(c2ccc(C(=O)OC)cc2NC(=O)/C=C/c2cc(Br)ccc2OC)CC1. The molecule has 8 heteroatoms. The minimum Gasteiger partial charge on any atom is -0.496 e. The minimum atomic E-state index is -0.447. The van der Waals surface area contributed by atoms with Crippen LogP contribution < -0.4 is 15.0 Å². The van der Waals surface area contributed by atoms with Gasteiger partial charge >= 0.3 is 5.97 Å². The van der Waals surface area contributed by atoms with E-state index in [-0.39, 0.29) is 5.91 Å². The summed E-state index contributed by atoms with van der Waals surface area (Å²) in [6.45, 7) is 6.76. The van der Waals surface area contributed by atoms with Crippen LogP contribution in [0.4, 0.5) is 11.4 Å². The molecule has 170 valence electrons. The number of hydrogen-bond acceptors (Lipinski definition) is 6. The van der Waals surface area contributed by atoms with Crippen molar-refractivity contribution in [3.63, 3.8) is 0 Å². The number of likely N-dealkylation sites (N-methyl/N-ethyl adjacent to an activating group) is 1. The van der Waals surface area contributed by atoms with E-state index in [1.54, 1.807) is 25.3 Å². The van der Waals surface area contributed by atoms with Crippen LogP contribution >= 0.6 is 15.9 Å². The molecule has 3 rings (SSSR count). The molecular formula is C24H28BrN3O4. The number of anilines is 2. The molecule has 0 radical (unpaired) electrons. The van der Waals surface area contributed by atoms with Gasteiger partial charge in [-0.1, -0.05) is 22.9 Å². The van der Waals surface area contributed by atoms with E-state index in [0.717, 1.165) is 48.4 Å². The van der Waals surface area contributed by atoms with Crippen molar-refractivity contribution in [3.8, 4) is 5.75 Å². The molecule has 0 aliphatic carbocycles. The Balaban J connectivity index is 1.84. The van der Waals surface area contributed by atoms with Gasteiger partial charge in [0.25, 0.3) is 0 Å². The van der Waals surface area contributed by atoms with Crippen molar-refractivity contribution in [2.75, 3.05) is 57.2 Å². The zero-order valence-corrected chi connectivity index (χ0v) is 20.1. The fourth-order valence-corrected chi connectivity index (χ4v) is 4.02. The first kappa shape index (κ1) is 23.8. The number of carbonyl (C=O) groups excluding carboxylic acids is 2. The lowest BCUT2D eigenvalue weighted by Crippen LogP contribution is -2.46. The monoisotopic (exact) mass is 501 g/mol. The normalized spacial score (nSPS) is 14.4. The Bertz CT molecular complexity index is 1000. The second kappa shape index (κ2) is 11.2. The number of benzene rings is 2. The maximum Gasteiger partial charge on any atom is 0.337 e. The van der Waals surface area contributed by atoms with Crippen molar-refractivity contribution in [3.05, 3.63) is 58.1 Å². The summed E-state index contributed by atoms with van der Waals surface area (Å²) in [6, 6.07) is 10.8. The molecule has 2 aromatic rings. The van der Waals surface area contributed by atoms with Gasteiger partial charge in [0.05, 0.1) is 31.2 Å². The maximum absolute atomic E-state index is 12.8. The molecule has 1 aliphatic heterocycles. The van der Waals surface area contributed by atoms with Gasteiger partial charge in [0.2, 0.25) is 5.91 Å². The summed E-state index contributed by atoms with van der Waals surface area (Å²) in [6.07, 6.45) is 3.15. The first-order valence-electron chi connectivity index (χ1n) is 10.5. The third-order valence-corrected chi connectivity index (χ3v) is 5.93. The molecule has 0 bridgehead atoms. The summed E-state index contributed by atoms with van der Waals surface area (Å²) in [4.78, 5) is 29.4. The van der Waals surface area contributed by atoms with Crippen LogP contribution in [-0.4, -0.2) is 63.7 Å². The Morgan fingerprint density at radius 1 is 1.09 bits per heavy atom. The summed E-state index contributed by atoms with van der Waals surface area (Å²) in [5, 5.41) is 2.93. The van der Waals surface area contributed by atoms with E-state index < -0.39 is 5.97 Å². The molecule has 2 aromatic carbocycles. The van der Waals surface area contributed by atoms with Crippen molar-refractivity contribution in [2.24, 2.45) is 0 Å². The predicted molar refractivity (Wildman–Crippen MR) is 130 cm³/mol. The third kappa shape index (κ3) is 5.89. The molecule has 1 fully saturated rings. The van der Waals surface area contributed by atoms with Crippen LogP contribution in [0, 0.1) is 0 Å². The average Bonchev–Trinajstić information content (AvgIpc) is 2.82. The lowest BCUT2D eigenvalue weighted by molar-refractivity contribution is -0.111. The van der Waals surface area contributed by atoms with Gasteiger partial charge in [0, 0.05) is 42.3 Å². The van der Waals surface area contributed by atoms with Crippen LogP contribution in [0.5, 0.6) is 5.75 Å². The van der Waals surface area contributed by atoms with Crippen molar-refractivity contribution in [1.82, 2.24) is 4.90 Å². The highest BCUT2D eigenvalue weighted by Crippen LogP contribution is 2.29. The summed E-state index contributed by atoms with van der Waals surface area (Å²) < 4.78 is 11.1. The first-order chi connectivity index (χ1) is 15.4. The summed E-state index contributed by atoms with van der Waals surface area (Å²) in [5.41, 5.74) is 2.62. The van der Waals surface area contributed by atoms with Gasteiger partial charge in [-0.15, -0.1) is 0 Å². The Kier molecular flexibility index (Phi) is 8.30. The Morgan fingerprint density at radius 3 is 2.50 bits per heavy atom. The first-order valence-corrected chi connectivity index (χ1v) is 11.3. The van der Waals surface area contributed by atoms with Gasteiger partial charge in [-0.2, -0.15) is 0 Å². The van der Waals surface area contributed by atoms with Crippen LogP contribution in [0.3, 0.4) is 0 Å². The van der Waals surface area contributed by atoms with Crippen molar-refractivity contribution < 1.29 is 19.1 Å². The van der Waals surface area contributed by atoms with Crippen LogP contribution in [0.1, 0.15) is 22.8 Å². The highest BCUT2D eigenvalue weighted by molar-refractivity contribution is 9.10.